The molecule has 3 rings (SSSR count). The minimum absolute atomic E-state index is 0.633. The molecule has 0 aliphatic heterocycles. The van der Waals surface area contributed by atoms with E-state index in [1.807, 2.05) is 12.1 Å². The van der Waals surface area contributed by atoms with Crippen molar-refractivity contribution in [2.75, 3.05) is 11.8 Å². The van der Waals surface area contributed by atoms with Crippen molar-refractivity contribution in [2.45, 2.75) is 25.7 Å². The van der Waals surface area contributed by atoms with E-state index in [1.165, 1.54) is 17.7 Å². The first-order valence-electron chi connectivity index (χ1n) is 6.65. The van der Waals surface area contributed by atoms with Crippen LogP contribution in [0.25, 0.3) is 0 Å². The van der Waals surface area contributed by atoms with Crippen LogP contribution in [0.15, 0.2) is 24.3 Å². The fourth-order valence-corrected chi connectivity index (χ4v) is 5.65. The first kappa shape index (κ1) is 14.1. The van der Waals surface area contributed by atoms with Gasteiger partial charge in [-0.1, -0.05) is 17.7 Å². The first-order valence-corrected chi connectivity index (χ1v) is 10.00. The molecule has 0 fully saturated rings. The van der Waals surface area contributed by atoms with Crippen LogP contribution in [-0.2, 0) is 17.4 Å². The van der Waals surface area contributed by atoms with E-state index in [9.17, 15) is 4.57 Å². The van der Waals surface area contributed by atoms with Crippen molar-refractivity contribution in [3.05, 3.63) is 39.9 Å². The Bertz CT molecular complexity index is 662. The Kier molecular flexibility index (Phi) is 3.89. The van der Waals surface area contributed by atoms with E-state index >= 15 is 0 Å². The monoisotopic (exact) mass is 326 g/mol. The molecule has 106 valence electrons. The van der Waals surface area contributed by atoms with Crippen molar-refractivity contribution in [1.29, 1.82) is 0 Å². The molecule has 2 aromatic rings. The van der Waals surface area contributed by atoms with E-state index in [1.54, 1.807) is 30.1 Å². The van der Waals surface area contributed by atoms with Crippen LogP contribution in [0.2, 0.25) is 5.02 Å². The molecular weight excluding hydrogens is 311 g/mol. The van der Waals surface area contributed by atoms with Crippen LogP contribution in [-0.4, -0.2) is 11.6 Å². The van der Waals surface area contributed by atoms with Crippen molar-refractivity contribution in [3.63, 3.8) is 0 Å². The molecular formula is C14H16ClN2OPS. The van der Waals surface area contributed by atoms with Gasteiger partial charge >= 0.3 is 0 Å². The van der Waals surface area contributed by atoms with E-state index < -0.39 is 7.29 Å². The summed E-state index contributed by atoms with van der Waals surface area (Å²) in [6, 6.07) is 7.30. The van der Waals surface area contributed by atoms with Gasteiger partial charge in [0.05, 0.1) is 5.69 Å². The number of nitrogens with zero attached hydrogens (tertiary/aromatic N) is 1. The Morgan fingerprint density at radius 1 is 1.35 bits per heavy atom. The van der Waals surface area contributed by atoms with Gasteiger partial charge in [-0.3, -0.25) is 4.57 Å². The molecule has 1 aromatic carbocycles. The van der Waals surface area contributed by atoms with E-state index in [4.69, 9.17) is 11.6 Å². The standard InChI is InChI=1S/C14H16ClN2OPS/c1-19(18,17-11-6-4-5-10(15)9-11)14-16-12-7-2-3-8-13(12)20-14/h4-6,9H,2-3,7-8H2,1H3,(H,17,18). The molecule has 1 unspecified atom stereocenters. The average Bonchev–Trinajstić information content (AvgIpc) is 2.82. The van der Waals surface area contributed by atoms with E-state index in [0.29, 0.717) is 5.02 Å². The van der Waals surface area contributed by atoms with Gasteiger partial charge in [-0.2, -0.15) is 0 Å². The molecule has 20 heavy (non-hydrogen) atoms. The summed E-state index contributed by atoms with van der Waals surface area (Å²) in [5.74, 6) is 0. The third kappa shape index (κ3) is 2.93. The summed E-state index contributed by atoms with van der Waals surface area (Å²) >= 11 is 7.56. The molecule has 1 atom stereocenters. The third-order valence-corrected chi connectivity index (χ3v) is 7.40. The van der Waals surface area contributed by atoms with Gasteiger partial charge in [0.25, 0.3) is 0 Å². The number of anilines is 1. The summed E-state index contributed by atoms with van der Waals surface area (Å²) in [5, 5.41) is 3.74. The zero-order valence-corrected chi connectivity index (χ0v) is 13.7. The fourth-order valence-electron chi connectivity index (χ4n) is 2.37. The van der Waals surface area contributed by atoms with Gasteiger partial charge < -0.3 is 5.09 Å². The Morgan fingerprint density at radius 2 is 2.15 bits per heavy atom. The zero-order valence-electron chi connectivity index (χ0n) is 11.2. The highest BCUT2D eigenvalue weighted by Crippen LogP contribution is 2.43. The molecule has 0 amide bonds. The van der Waals surface area contributed by atoms with Gasteiger partial charge in [0, 0.05) is 22.3 Å². The maximum Gasteiger partial charge on any atom is 0.223 e. The smallest absolute Gasteiger partial charge is 0.223 e. The molecule has 1 heterocycles. The lowest BCUT2D eigenvalue weighted by atomic mass is 10.0. The predicted octanol–water partition coefficient (Wildman–Crippen LogP) is 4.32. The van der Waals surface area contributed by atoms with Gasteiger partial charge in [0.15, 0.2) is 4.75 Å². The van der Waals surface area contributed by atoms with Gasteiger partial charge in [-0.05, 0) is 43.9 Å². The number of hydrogen-bond donors (Lipinski definition) is 1. The number of aryl methyl sites for hydroxylation is 2. The minimum atomic E-state index is -2.69. The van der Waals surface area contributed by atoms with Gasteiger partial charge in [0.1, 0.15) is 0 Å². The Labute approximate surface area is 127 Å². The Morgan fingerprint density at radius 3 is 2.90 bits per heavy atom. The second-order valence-electron chi connectivity index (χ2n) is 5.12. The fraction of sp³-hybridized carbons (Fsp3) is 0.357. The average molecular weight is 327 g/mol. The summed E-state index contributed by atoms with van der Waals surface area (Å²) < 4.78 is 13.6. The Balaban J connectivity index is 1.87. The highest BCUT2D eigenvalue weighted by molar-refractivity contribution is 7.77. The topological polar surface area (TPSA) is 42.0 Å². The van der Waals surface area contributed by atoms with Gasteiger partial charge in [-0.15, -0.1) is 11.3 Å². The summed E-state index contributed by atoms with van der Waals surface area (Å²) in [6.07, 6.45) is 4.49. The number of nitrogens with one attached hydrogen (secondary N) is 1. The Hall–Kier alpha value is -0.830. The summed E-state index contributed by atoms with van der Waals surface area (Å²) in [7, 11) is -2.69. The molecule has 0 spiro atoms. The number of hydrogen-bond acceptors (Lipinski definition) is 3. The number of rotatable bonds is 3. The van der Waals surface area contributed by atoms with Crippen LogP contribution in [0.4, 0.5) is 5.69 Å². The molecule has 6 heteroatoms. The van der Waals surface area contributed by atoms with E-state index in [2.05, 4.69) is 10.1 Å². The highest BCUT2D eigenvalue weighted by Gasteiger charge is 2.26. The van der Waals surface area contributed by atoms with Crippen molar-refractivity contribution in [1.82, 2.24) is 4.98 Å². The van der Waals surface area contributed by atoms with Crippen LogP contribution < -0.4 is 9.84 Å². The number of fused-ring (bicyclic) bond motifs is 1. The first-order chi connectivity index (χ1) is 9.54. The highest BCUT2D eigenvalue weighted by atomic mass is 35.5. The van der Waals surface area contributed by atoms with Gasteiger partial charge in [0.2, 0.25) is 7.29 Å². The number of halogens is 1. The van der Waals surface area contributed by atoms with E-state index in [0.717, 1.165) is 29.0 Å². The molecule has 1 aliphatic rings. The van der Waals surface area contributed by atoms with Crippen LogP contribution in [0.5, 0.6) is 0 Å². The zero-order chi connectivity index (χ0) is 14.2. The molecule has 0 bridgehead atoms. The maximum absolute atomic E-state index is 12.9. The molecule has 0 saturated heterocycles. The van der Waals surface area contributed by atoms with Crippen LogP contribution in [0.3, 0.4) is 0 Å². The molecule has 0 radical (unpaired) electrons. The third-order valence-electron chi connectivity index (χ3n) is 3.37. The number of thiazole rings is 1. The summed E-state index contributed by atoms with van der Waals surface area (Å²) in [5.41, 5.74) is 1.92. The normalized spacial score (nSPS) is 17.3. The predicted molar refractivity (Wildman–Crippen MR) is 87.0 cm³/mol. The summed E-state index contributed by atoms with van der Waals surface area (Å²) in [4.78, 5) is 5.91. The largest absolute Gasteiger partial charge is 0.331 e. The lowest BCUT2D eigenvalue weighted by molar-refractivity contribution is 0.587. The van der Waals surface area contributed by atoms with Crippen LogP contribution in [0, 0.1) is 0 Å². The SMILES string of the molecule is CP(=O)(Nc1cccc(Cl)c1)c1nc2c(s1)CCCC2. The second-order valence-corrected chi connectivity index (χ2v) is 9.44. The maximum atomic E-state index is 12.9. The lowest BCUT2D eigenvalue weighted by Crippen LogP contribution is -2.10. The molecule has 0 saturated carbocycles. The number of aromatic nitrogens is 1. The lowest BCUT2D eigenvalue weighted by Gasteiger charge is -2.13. The van der Waals surface area contributed by atoms with Crippen molar-refractivity contribution >= 4 is 40.7 Å². The minimum Gasteiger partial charge on any atom is -0.331 e. The van der Waals surface area contributed by atoms with Crippen molar-refractivity contribution in [3.8, 4) is 0 Å². The van der Waals surface area contributed by atoms with Crippen molar-refractivity contribution < 1.29 is 4.57 Å². The molecule has 1 aliphatic carbocycles. The van der Waals surface area contributed by atoms with Crippen molar-refractivity contribution in [2.24, 2.45) is 0 Å². The molecule has 1 aromatic heterocycles. The van der Waals surface area contributed by atoms with Crippen LogP contribution >= 0.6 is 30.2 Å². The van der Waals surface area contributed by atoms with Crippen LogP contribution in [0.1, 0.15) is 23.4 Å². The van der Waals surface area contributed by atoms with Gasteiger partial charge in [-0.25, -0.2) is 4.98 Å². The molecule has 1 N–H and O–H groups in total. The summed E-state index contributed by atoms with van der Waals surface area (Å²) in [6.45, 7) is 1.73. The quantitative estimate of drug-likeness (QED) is 0.854. The number of benzene rings is 1. The second kappa shape index (κ2) is 5.51. The van der Waals surface area contributed by atoms with E-state index in [-0.39, 0.29) is 0 Å². The molecule has 3 nitrogen and oxygen atoms in total.